The molecular weight excluding hydrogens is 197 g/mol. The first-order chi connectivity index (χ1) is 7.18. The highest BCUT2D eigenvalue weighted by Crippen LogP contribution is 2.19. The van der Waals surface area contributed by atoms with Crippen LogP contribution in [0.25, 0.3) is 10.9 Å². The van der Waals surface area contributed by atoms with E-state index in [-0.39, 0.29) is 12.2 Å². The molecule has 0 amide bonds. The Morgan fingerprint density at radius 1 is 1.40 bits per heavy atom. The Bertz CT molecular complexity index is 504. The van der Waals surface area contributed by atoms with Gasteiger partial charge in [-0.25, -0.2) is 4.39 Å². The van der Waals surface area contributed by atoms with Crippen molar-refractivity contribution in [2.45, 2.75) is 13.0 Å². The van der Waals surface area contributed by atoms with Gasteiger partial charge in [-0.15, -0.1) is 0 Å². The first-order valence-corrected chi connectivity index (χ1v) is 4.63. The van der Waals surface area contributed by atoms with Crippen molar-refractivity contribution in [3.05, 3.63) is 36.3 Å². The van der Waals surface area contributed by atoms with E-state index >= 15 is 0 Å². The molecule has 0 fully saturated rings. The Morgan fingerprint density at radius 2 is 2.20 bits per heavy atom. The van der Waals surface area contributed by atoms with Crippen molar-refractivity contribution in [1.82, 2.24) is 4.57 Å². The van der Waals surface area contributed by atoms with Gasteiger partial charge in [-0.3, -0.25) is 4.79 Å². The van der Waals surface area contributed by atoms with Crippen molar-refractivity contribution in [2.75, 3.05) is 0 Å². The molecule has 0 bridgehead atoms. The smallest absolute Gasteiger partial charge is 0.305 e. The molecule has 1 aromatic carbocycles. The second-order valence-electron chi connectivity index (χ2n) is 3.33. The summed E-state index contributed by atoms with van der Waals surface area (Å²) in [7, 11) is 0. The summed E-state index contributed by atoms with van der Waals surface area (Å²) in [6, 6.07) is 6.59. The average Bonchev–Trinajstić information content (AvgIpc) is 2.59. The van der Waals surface area contributed by atoms with Crippen LogP contribution in [-0.2, 0) is 11.3 Å². The number of aromatic nitrogens is 1. The number of halogens is 1. The summed E-state index contributed by atoms with van der Waals surface area (Å²) in [5, 5.41) is 9.34. The molecule has 0 saturated heterocycles. The van der Waals surface area contributed by atoms with Gasteiger partial charge in [0.25, 0.3) is 0 Å². The van der Waals surface area contributed by atoms with Gasteiger partial charge in [-0.1, -0.05) is 12.1 Å². The first-order valence-electron chi connectivity index (χ1n) is 4.63. The van der Waals surface area contributed by atoms with Gasteiger partial charge in [-0.2, -0.15) is 0 Å². The number of carboxylic acid groups (broad SMARTS) is 1. The number of fused-ring (bicyclic) bond motifs is 1. The molecule has 78 valence electrons. The van der Waals surface area contributed by atoms with Crippen LogP contribution in [0.2, 0.25) is 0 Å². The number of aliphatic carboxylic acids is 1. The first kappa shape index (κ1) is 9.71. The maximum absolute atomic E-state index is 13.4. The van der Waals surface area contributed by atoms with Crippen LogP contribution < -0.4 is 0 Å². The molecule has 2 rings (SSSR count). The summed E-state index contributed by atoms with van der Waals surface area (Å²) in [6.07, 6.45) is 1.70. The fourth-order valence-electron chi connectivity index (χ4n) is 1.62. The minimum Gasteiger partial charge on any atom is -0.481 e. The highest BCUT2D eigenvalue weighted by atomic mass is 19.1. The van der Waals surface area contributed by atoms with E-state index in [0.29, 0.717) is 12.1 Å². The van der Waals surface area contributed by atoms with E-state index in [4.69, 9.17) is 5.11 Å². The number of aryl methyl sites for hydroxylation is 1. The molecule has 0 unspecified atom stereocenters. The zero-order valence-electron chi connectivity index (χ0n) is 7.98. The molecule has 0 aliphatic heterocycles. The van der Waals surface area contributed by atoms with Crippen molar-refractivity contribution in [3.63, 3.8) is 0 Å². The topological polar surface area (TPSA) is 42.2 Å². The summed E-state index contributed by atoms with van der Waals surface area (Å²) >= 11 is 0. The number of rotatable bonds is 3. The second kappa shape index (κ2) is 3.73. The molecule has 0 aliphatic rings. The van der Waals surface area contributed by atoms with Crippen LogP contribution in [0.4, 0.5) is 4.39 Å². The van der Waals surface area contributed by atoms with Crippen LogP contribution in [0, 0.1) is 5.82 Å². The lowest BCUT2D eigenvalue weighted by atomic mass is 10.2. The van der Waals surface area contributed by atoms with Gasteiger partial charge < -0.3 is 9.67 Å². The Hall–Kier alpha value is -1.84. The molecule has 1 aromatic heterocycles. The van der Waals surface area contributed by atoms with Crippen molar-refractivity contribution in [1.29, 1.82) is 0 Å². The summed E-state index contributed by atoms with van der Waals surface area (Å²) in [5.74, 6) is -1.20. The van der Waals surface area contributed by atoms with Crippen LogP contribution in [0.5, 0.6) is 0 Å². The number of para-hydroxylation sites is 1. The molecule has 3 nitrogen and oxygen atoms in total. The summed E-state index contributed by atoms with van der Waals surface area (Å²) in [4.78, 5) is 10.4. The Kier molecular flexibility index (Phi) is 2.41. The van der Waals surface area contributed by atoms with E-state index in [2.05, 4.69) is 0 Å². The van der Waals surface area contributed by atoms with Gasteiger partial charge in [0.2, 0.25) is 0 Å². The lowest BCUT2D eigenvalue weighted by Crippen LogP contribution is -2.03. The molecule has 0 spiro atoms. The van der Waals surface area contributed by atoms with E-state index in [1.807, 2.05) is 0 Å². The predicted molar refractivity (Wildman–Crippen MR) is 54.1 cm³/mol. The molecule has 1 N–H and O–H groups in total. The number of nitrogens with zero attached hydrogens (tertiary/aromatic N) is 1. The maximum atomic E-state index is 13.4. The lowest BCUT2D eigenvalue weighted by Gasteiger charge is -2.03. The highest BCUT2D eigenvalue weighted by molar-refractivity contribution is 5.80. The normalized spacial score (nSPS) is 10.7. The van der Waals surface area contributed by atoms with Crippen LogP contribution in [0.3, 0.4) is 0 Å². The fraction of sp³-hybridized carbons (Fsp3) is 0.182. The van der Waals surface area contributed by atoms with Crippen molar-refractivity contribution >= 4 is 16.9 Å². The van der Waals surface area contributed by atoms with E-state index in [9.17, 15) is 9.18 Å². The summed E-state index contributed by atoms with van der Waals surface area (Å²) in [6.45, 7) is 0.291. The molecule has 0 atom stereocenters. The Balaban J connectivity index is 2.39. The standard InChI is InChI=1S/C11H10FNO2/c12-9-3-1-2-8-4-6-13(11(8)9)7-5-10(14)15/h1-4,6H,5,7H2,(H,14,15). The maximum Gasteiger partial charge on any atom is 0.305 e. The number of carboxylic acids is 1. The van der Waals surface area contributed by atoms with Crippen molar-refractivity contribution in [2.24, 2.45) is 0 Å². The van der Waals surface area contributed by atoms with Crippen molar-refractivity contribution in [3.8, 4) is 0 Å². The Morgan fingerprint density at radius 3 is 2.93 bits per heavy atom. The Labute approximate surface area is 85.7 Å². The molecule has 0 saturated carbocycles. The molecular formula is C11H10FNO2. The monoisotopic (exact) mass is 207 g/mol. The zero-order chi connectivity index (χ0) is 10.8. The van der Waals surface area contributed by atoms with Gasteiger partial charge in [0.15, 0.2) is 0 Å². The molecule has 2 aromatic rings. The van der Waals surface area contributed by atoms with E-state index in [1.165, 1.54) is 6.07 Å². The largest absolute Gasteiger partial charge is 0.481 e. The van der Waals surface area contributed by atoms with Crippen molar-refractivity contribution < 1.29 is 14.3 Å². The second-order valence-corrected chi connectivity index (χ2v) is 3.33. The highest BCUT2D eigenvalue weighted by Gasteiger charge is 2.06. The van der Waals surface area contributed by atoms with Gasteiger partial charge in [0.1, 0.15) is 5.82 Å². The van der Waals surface area contributed by atoms with Crippen LogP contribution in [-0.4, -0.2) is 15.6 Å². The van der Waals surface area contributed by atoms with Crippen LogP contribution >= 0.6 is 0 Å². The molecule has 0 aliphatic carbocycles. The van der Waals surface area contributed by atoms with Crippen LogP contribution in [0.15, 0.2) is 30.5 Å². The number of benzene rings is 1. The van der Waals surface area contributed by atoms with Gasteiger partial charge in [0, 0.05) is 18.1 Å². The quantitative estimate of drug-likeness (QED) is 0.838. The van der Waals surface area contributed by atoms with E-state index in [0.717, 1.165) is 5.39 Å². The van der Waals surface area contributed by atoms with Gasteiger partial charge in [0.05, 0.1) is 11.9 Å². The fourth-order valence-corrected chi connectivity index (χ4v) is 1.62. The number of carbonyl (C=O) groups is 1. The van der Waals surface area contributed by atoms with Gasteiger partial charge >= 0.3 is 5.97 Å². The number of hydrogen-bond acceptors (Lipinski definition) is 1. The minimum atomic E-state index is -0.881. The molecule has 15 heavy (non-hydrogen) atoms. The third-order valence-corrected chi connectivity index (χ3v) is 2.31. The van der Waals surface area contributed by atoms with Crippen LogP contribution in [0.1, 0.15) is 6.42 Å². The molecule has 4 heteroatoms. The average molecular weight is 207 g/mol. The minimum absolute atomic E-state index is 0.00187. The summed E-state index contributed by atoms with van der Waals surface area (Å²) in [5.41, 5.74) is 0.471. The van der Waals surface area contributed by atoms with E-state index in [1.54, 1.807) is 29.0 Å². The molecule has 1 heterocycles. The SMILES string of the molecule is O=C(O)CCn1ccc2cccc(F)c21. The van der Waals surface area contributed by atoms with Gasteiger partial charge in [-0.05, 0) is 12.1 Å². The van der Waals surface area contributed by atoms with E-state index < -0.39 is 5.97 Å². The summed E-state index contributed by atoms with van der Waals surface area (Å²) < 4.78 is 15.1. The third kappa shape index (κ3) is 1.83. The number of hydrogen-bond donors (Lipinski definition) is 1. The predicted octanol–water partition coefficient (Wildman–Crippen LogP) is 2.26. The molecule has 0 radical (unpaired) electrons. The zero-order valence-corrected chi connectivity index (χ0v) is 7.98. The third-order valence-electron chi connectivity index (χ3n) is 2.31. The lowest BCUT2D eigenvalue weighted by molar-refractivity contribution is -0.137.